The van der Waals surface area contributed by atoms with Crippen LogP contribution in [0.3, 0.4) is 0 Å². The van der Waals surface area contributed by atoms with E-state index in [4.69, 9.17) is 0 Å². The molecule has 2 amide bonds. The number of amides is 2. The number of hydrogen-bond acceptors (Lipinski definition) is 4. The summed E-state index contributed by atoms with van der Waals surface area (Å²) in [6, 6.07) is 0. The molecule has 1 saturated heterocycles. The Hall–Kier alpha value is -1.65. The summed E-state index contributed by atoms with van der Waals surface area (Å²) in [6.07, 6.45) is 4.15. The fourth-order valence-corrected chi connectivity index (χ4v) is 2.71. The summed E-state index contributed by atoms with van der Waals surface area (Å²) in [4.78, 5) is 36.5. The van der Waals surface area contributed by atoms with Crippen molar-refractivity contribution in [2.75, 3.05) is 13.7 Å². The van der Waals surface area contributed by atoms with E-state index in [9.17, 15) is 14.4 Å². The van der Waals surface area contributed by atoms with Crippen molar-refractivity contribution in [2.24, 2.45) is 11.8 Å². The second kappa shape index (κ2) is 4.92. The van der Waals surface area contributed by atoms with Crippen LogP contribution in [-0.2, 0) is 19.1 Å². The zero-order chi connectivity index (χ0) is 13.3. The lowest BCUT2D eigenvalue weighted by molar-refractivity contribution is -0.140. The number of fused-ring (bicyclic) bond motifs is 1. The standard InChI is InChI=1S/C13H17NO4/c1-8(13(17)18-2)6-7-14-11(15)9-4-3-5-10(9)12(14)16/h6,9-10H,3-5,7H2,1-2H3. The molecule has 5 nitrogen and oxygen atoms in total. The molecule has 5 heteroatoms. The molecular weight excluding hydrogens is 234 g/mol. The van der Waals surface area contributed by atoms with Gasteiger partial charge in [0.05, 0.1) is 18.9 Å². The largest absolute Gasteiger partial charge is 0.466 e. The maximum absolute atomic E-state index is 12.0. The Morgan fingerprint density at radius 1 is 1.33 bits per heavy atom. The number of esters is 1. The maximum Gasteiger partial charge on any atom is 0.333 e. The van der Waals surface area contributed by atoms with Crippen molar-refractivity contribution in [1.29, 1.82) is 0 Å². The Bertz CT molecular complexity index is 405. The first-order chi connectivity index (χ1) is 8.56. The van der Waals surface area contributed by atoms with E-state index in [1.165, 1.54) is 12.0 Å². The highest BCUT2D eigenvalue weighted by atomic mass is 16.5. The van der Waals surface area contributed by atoms with Gasteiger partial charge in [0.1, 0.15) is 0 Å². The fourth-order valence-electron chi connectivity index (χ4n) is 2.71. The average Bonchev–Trinajstić information content (AvgIpc) is 2.92. The van der Waals surface area contributed by atoms with Crippen LogP contribution in [0.5, 0.6) is 0 Å². The van der Waals surface area contributed by atoms with Gasteiger partial charge in [0.2, 0.25) is 11.8 Å². The van der Waals surface area contributed by atoms with E-state index < -0.39 is 5.97 Å². The zero-order valence-corrected chi connectivity index (χ0v) is 10.6. The van der Waals surface area contributed by atoms with E-state index in [0.29, 0.717) is 5.57 Å². The SMILES string of the molecule is COC(=O)C(C)=CCN1C(=O)C2CCCC2C1=O. The van der Waals surface area contributed by atoms with E-state index in [-0.39, 0.29) is 30.2 Å². The highest BCUT2D eigenvalue weighted by Crippen LogP contribution is 2.39. The molecule has 1 aliphatic carbocycles. The molecule has 1 aliphatic heterocycles. The molecule has 0 N–H and O–H groups in total. The molecule has 0 aromatic carbocycles. The lowest BCUT2D eigenvalue weighted by Crippen LogP contribution is -2.32. The summed E-state index contributed by atoms with van der Waals surface area (Å²) in [7, 11) is 1.30. The van der Waals surface area contributed by atoms with Crippen molar-refractivity contribution in [2.45, 2.75) is 26.2 Å². The molecule has 0 aromatic heterocycles. The fraction of sp³-hybridized carbons (Fsp3) is 0.615. The Labute approximate surface area is 106 Å². The number of carbonyl (C=O) groups excluding carboxylic acids is 3. The quantitative estimate of drug-likeness (QED) is 0.424. The van der Waals surface area contributed by atoms with E-state index in [2.05, 4.69) is 4.74 Å². The van der Waals surface area contributed by atoms with Crippen molar-refractivity contribution in [3.63, 3.8) is 0 Å². The van der Waals surface area contributed by atoms with Gasteiger partial charge in [0.25, 0.3) is 0 Å². The topological polar surface area (TPSA) is 63.7 Å². The summed E-state index contributed by atoms with van der Waals surface area (Å²) in [5.74, 6) is -0.851. The van der Waals surface area contributed by atoms with Crippen LogP contribution >= 0.6 is 0 Å². The normalized spacial score (nSPS) is 27.7. The highest BCUT2D eigenvalue weighted by Gasteiger charge is 2.49. The van der Waals surface area contributed by atoms with Crippen molar-refractivity contribution in [1.82, 2.24) is 4.90 Å². The second-order valence-electron chi connectivity index (χ2n) is 4.81. The van der Waals surface area contributed by atoms with Crippen molar-refractivity contribution in [3.8, 4) is 0 Å². The van der Waals surface area contributed by atoms with Crippen LogP contribution in [0.2, 0.25) is 0 Å². The maximum atomic E-state index is 12.0. The van der Waals surface area contributed by atoms with E-state index in [0.717, 1.165) is 19.3 Å². The number of nitrogens with zero attached hydrogens (tertiary/aromatic N) is 1. The predicted octanol–water partition coefficient (Wildman–Crippen LogP) is 0.891. The second-order valence-corrected chi connectivity index (χ2v) is 4.81. The van der Waals surface area contributed by atoms with Gasteiger partial charge in [0.15, 0.2) is 0 Å². The van der Waals surface area contributed by atoms with E-state index >= 15 is 0 Å². The molecule has 2 unspecified atom stereocenters. The first-order valence-electron chi connectivity index (χ1n) is 6.16. The third-order valence-electron chi connectivity index (χ3n) is 3.77. The highest BCUT2D eigenvalue weighted by molar-refractivity contribution is 6.05. The molecule has 2 aliphatic rings. The molecule has 0 aromatic rings. The predicted molar refractivity (Wildman–Crippen MR) is 63.3 cm³/mol. The molecule has 0 spiro atoms. The lowest BCUT2D eigenvalue weighted by Gasteiger charge is -2.13. The summed E-state index contributed by atoms with van der Waals surface area (Å²) in [6.45, 7) is 1.78. The smallest absolute Gasteiger partial charge is 0.333 e. The van der Waals surface area contributed by atoms with Crippen molar-refractivity contribution >= 4 is 17.8 Å². The van der Waals surface area contributed by atoms with Crippen LogP contribution in [-0.4, -0.2) is 36.3 Å². The number of carbonyl (C=O) groups is 3. The van der Waals surface area contributed by atoms with Crippen LogP contribution in [0.1, 0.15) is 26.2 Å². The number of rotatable bonds is 3. The Balaban J connectivity index is 2.05. The first kappa shape index (κ1) is 12.8. The Morgan fingerprint density at radius 3 is 2.39 bits per heavy atom. The van der Waals surface area contributed by atoms with E-state index in [1.54, 1.807) is 13.0 Å². The Kier molecular flexibility index (Phi) is 3.50. The molecule has 98 valence electrons. The van der Waals surface area contributed by atoms with Crippen LogP contribution in [0.15, 0.2) is 11.6 Å². The number of imide groups is 1. The average molecular weight is 251 g/mol. The van der Waals surface area contributed by atoms with Gasteiger partial charge in [-0.25, -0.2) is 4.79 Å². The summed E-state index contributed by atoms with van der Waals surface area (Å²) in [5, 5.41) is 0. The van der Waals surface area contributed by atoms with Gasteiger partial charge in [-0.1, -0.05) is 12.5 Å². The van der Waals surface area contributed by atoms with Crippen molar-refractivity contribution in [3.05, 3.63) is 11.6 Å². The summed E-state index contributed by atoms with van der Waals surface area (Å²) in [5.41, 5.74) is 0.412. The molecule has 0 radical (unpaired) electrons. The minimum Gasteiger partial charge on any atom is -0.466 e. The molecular formula is C13H17NO4. The van der Waals surface area contributed by atoms with Crippen molar-refractivity contribution < 1.29 is 19.1 Å². The van der Waals surface area contributed by atoms with Crippen LogP contribution in [0.4, 0.5) is 0 Å². The van der Waals surface area contributed by atoms with Gasteiger partial charge in [-0.15, -0.1) is 0 Å². The van der Waals surface area contributed by atoms with Gasteiger partial charge >= 0.3 is 5.97 Å². The summed E-state index contributed by atoms with van der Waals surface area (Å²) < 4.78 is 4.56. The van der Waals surface area contributed by atoms with Gasteiger partial charge in [-0.3, -0.25) is 14.5 Å². The molecule has 0 bridgehead atoms. The van der Waals surface area contributed by atoms with Gasteiger partial charge in [-0.05, 0) is 19.8 Å². The number of likely N-dealkylation sites (tertiary alicyclic amines) is 1. The molecule has 18 heavy (non-hydrogen) atoms. The number of hydrogen-bond donors (Lipinski definition) is 0. The monoisotopic (exact) mass is 251 g/mol. The minimum absolute atomic E-state index is 0.0867. The van der Waals surface area contributed by atoms with Crippen LogP contribution in [0.25, 0.3) is 0 Å². The molecule has 2 atom stereocenters. The van der Waals surface area contributed by atoms with Crippen LogP contribution < -0.4 is 0 Å². The van der Waals surface area contributed by atoms with Gasteiger partial charge in [-0.2, -0.15) is 0 Å². The molecule has 1 saturated carbocycles. The Morgan fingerprint density at radius 2 is 1.89 bits per heavy atom. The molecule has 1 heterocycles. The number of ether oxygens (including phenoxy) is 1. The van der Waals surface area contributed by atoms with E-state index in [1.807, 2.05) is 0 Å². The number of methoxy groups -OCH3 is 1. The zero-order valence-electron chi connectivity index (χ0n) is 10.6. The lowest BCUT2D eigenvalue weighted by atomic mass is 10.00. The molecule has 2 fully saturated rings. The third-order valence-corrected chi connectivity index (χ3v) is 3.77. The van der Waals surface area contributed by atoms with Gasteiger partial charge < -0.3 is 4.74 Å². The van der Waals surface area contributed by atoms with Gasteiger partial charge in [0, 0.05) is 12.1 Å². The molecule has 2 rings (SSSR count). The first-order valence-corrected chi connectivity index (χ1v) is 6.16. The third kappa shape index (κ3) is 2.05. The van der Waals surface area contributed by atoms with Crippen LogP contribution in [0, 0.1) is 11.8 Å². The summed E-state index contributed by atoms with van der Waals surface area (Å²) >= 11 is 0. The minimum atomic E-state index is -0.436.